The monoisotopic (exact) mass is 450 g/mol. The van der Waals surface area contributed by atoms with Gasteiger partial charge in [-0.3, -0.25) is 14.8 Å². The van der Waals surface area contributed by atoms with Gasteiger partial charge in [-0.05, 0) is 37.1 Å². The predicted octanol–water partition coefficient (Wildman–Crippen LogP) is 2.90. The van der Waals surface area contributed by atoms with Crippen LogP contribution in [0, 0.1) is 0 Å². The molecule has 164 valence electrons. The van der Waals surface area contributed by atoms with Crippen molar-refractivity contribution < 1.29 is 13.2 Å². The molecule has 5 rings (SSSR count). The first-order valence-electron chi connectivity index (χ1n) is 10.3. The smallest absolute Gasteiger partial charge is 0.275 e. The molecule has 32 heavy (non-hydrogen) atoms. The summed E-state index contributed by atoms with van der Waals surface area (Å²) in [5.74, 6) is -0.112. The van der Waals surface area contributed by atoms with E-state index in [0.29, 0.717) is 18.8 Å². The number of anilines is 1. The van der Waals surface area contributed by atoms with Gasteiger partial charge in [-0.25, -0.2) is 17.7 Å². The molecule has 0 bridgehead atoms. The molecule has 4 heterocycles. The molecule has 0 atom stereocenters. The fraction of sp³-hybridized carbons (Fsp3) is 0.273. The molecular formula is C22H22N6O3S. The van der Waals surface area contributed by atoms with Crippen molar-refractivity contribution >= 4 is 43.4 Å². The van der Waals surface area contributed by atoms with Gasteiger partial charge < -0.3 is 10.3 Å². The molecule has 1 saturated heterocycles. The predicted molar refractivity (Wildman–Crippen MR) is 122 cm³/mol. The number of fused-ring (bicyclic) bond motifs is 3. The average Bonchev–Trinajstić information content (AvgIpc) is 3.16. The highest BCUT2D eigenvalue weighted by Gasteiger charge is 2.26. The molecule has 1 aliphatic heterocycles. The first-order valence-corrected chi connectivity index (χ1v) is 12.2. The van der Waals surface area contributed by atoms with E-state index in [1.54, 1.807) is 0 Å². The van der Waals surface area contributed by atoms with Crippen LogP contribution in [0.2, 0.25) is 0 Å². The Morgan fingerprint density at radius 1 is 1.06 bits per heavy atom. The van der Waals surface area contributed by atoms with E-state index < -0.39 is 10.0 Å². The SMILES string of the molecule is CS(=O)(=O)N1CCC(c2cc3c(cn2)[nH]c2ccc(NC(=O)c4cnccn4)cc23)CC1. The number of aromatic amines is 1. The van der Waals surface area contributed by atoms with Crippen LogP contribution in [0.15, 0.2) is 49.1 Å². The Morgan fingerprint density at radius 3 is 2.56 bits per heavy atom. The standard InChI is InChI=1S/C22H22N6O3S/c1-32(30,31)28-8-4-14(5-9-28)19-11-17-16-10-15(2-3-18(16)27-20(17)13-25-19)26-22(29)21-12-23-6-7-24-21/h2-3,6-7,10-14,27H,4-5,8-9H2,1H3,(H,26,29). The largest absolute Gasteiger partial charge is 0.353 e. The fourth-order valence-electron chi connectivity index (χ4n) is 4.21. The lowest BCUT2D eigenvalue weighted by molar-refractivity contribution is 0.102. The van der Waals surface area contributed by atoms with Crippen molar-refractivity contribution in [2.45, 2.75) is 18.8 Å². The lowest BCUT2D eigenvalue weighted by Gasteiger charge is -2.29. The molecule has 1 amide bonds. The Kier molecular flexibility index (Phi) is 5.10. The number of piperidine rings is 1. The normalized spacial score (nSPS) is 15.9. The van der Waals surface area contributed by atoms with Gasteiger partial charge in [0.25, 0.3) is 5.91 Å². The summed E-state index contributed by atoms with van der Waals surface area (Å²) in [6.07, 6.45) is 8.99. The number of sulfonamides is 1. The Morgan fingerprint density at radius 2 is 1.84 bits per heavy atom. The maximum atomic E-state index is 12.4. The van der Waals surface area contributed by atoms with Crippen LogP contribution >= 0.6 is 0 Å². The van der Waals surface area contributed by atoms with Crippen molar-refractivity contribution in [3.8, 4) is 0 Å². The molecular weight excluding hydrogens is 428 g/mol. The molecule has 0 spiro atoms. The van der Waals surface area contributed by atoms with Crippen molar-refractivity contribution in [1.82, 2.24) is 24.2 Å². The Labute approximate surface area is 185 Å². The van der Waals surface area contributed by atoms with Crippen molar-refractivity contribution in [1.29, 1.82) is 0 Å². The first kappa shape index (κ1) is 20.5. The highest BCUT2D eigenvalue weighted by atomic mass is 32.2. The van der Waals surface area contributed by atoms with Crippen molar-refractivity contribution in [2.75, 3.05) is 24.7 Å². The second kappa shape index (κ2) is 7.95. The molecule has 4 aromatic rings. The lowest BCUT2D eigenvalue weighted by atomic mass is 9.93. The number of carbonyl (C=O) groups excluding carboxylic acids is 1. The van der Waals surface area contributed by atoms with Gasteiger partial charge in [-0.1, -0.05) is 0 Å². The number of hydrogen-bond acceptors (Lipinski definition) is 6. The molecule has 1 aromatic carbocycles. The molecule has 0 aliphatic carbocycles. The third-order valence-corrected chi connectivity index (χ3v) is 7.20. The van der Waals surface area contributed by atoms with Crippen LogP contribution in [0.4, 0.5) is 5.69 Å². The quantitative estimate of drug-likeness (QED) is 0.493. The highest BCUT2D eigenvalue weighted by molar-refractivity contribution is 7.88. The van der Waals surface area contributed by atoms with Gasteiger partial charge in [-0.2, -0.15) is 0 Å². The average molecular weight is 451 g/mol. The molecule has 0 radical (unpaired) electrons. The number of amides is 1. The Bertz CT molecular complexity index is 1410. The molecule has 9 nitrogen and oxygen atoms in total. The van der Waals surface area contributed by atoms with E-state index in [2.05, 4.69) is 31.3 Å². The summed E-state index contributed by atoms with van der Waals surface area (Å²) in [6.45, 7) is 1.02. The number of carbonyl (C=O) groups is 1. The third-order valence-electron chi connectivity index (χ3n) is 5.90. The summed E-state index contributed by atoms with van der Waals surface area (Å²) in [4.78, 5) is 28.4. The van der Waals surface area contributed by atoms with E-state index in [9.17, 15) is 13.2 Å². The lowest BCUT2D eigenvalue weighted by Crippen LogP contribution is -2.37. The minimum atomic E-state index is -3.16. The van der Waals surface area contributed by atoms with Crippen LogP contribution < -0.4 is 5.32 Å². The van der Waals surface area contributed by atoms with Crippen LogP contribution in [-0.2, 0) is 10.0 Å². The number of rotatable bonds is 4. The van der Waals surface area contributed by atoms with Gasteiger partial charge >= 0.3 is 0 Å². The molecule has 0 saturated carbocycles. The summed E-state index contributed by atoms with van der Waals surface area (Å²) in [7, 11) is -3.16. The third kappa shape index (κ3) is 3.94. The number of hydrogen-bond donors (Lipinski definition) is 2. The molecule has 2 N–H and O–H groups in total. The molecule has 3 aromatic heterocycles. The Balaban J connectivity index is 1.43. The van der Waals surface area contributed by atoms with E-state index in [4.69, 9.17) is 0 Å². The molecule has 10 heteroatoms. The minimum absolute atomic E-state index is 0.210. The second-order valence-electron chi connectivity index (χ2n) is 8.02. The minimum Gasteiger partial charge on any atom is -0.353 e. The van der Waals surface area contributed by atoms with Crippen LogP contribution in [0.1, 0.15) is 34.9 Å². The van der Waals surface area contributed by atoms with E-state index >= 15 is 0 Å². The number of H-pyrrole nitrogens is 1. The summed E-state index contributed by atoms with van der Waals surface area (Å²) in [5, 5.41) is 4.87. The molecule has 1 fully saturated rings. The van der Waals surface area contributed by atoms with E-state index in [0.717, 1.165) is 40.3 Å². The van der Waals surface area contributed by atoms with E-state index in [1.165, 1.54) is 29.2 Å². The molecule has 1 aliphatic rings. The van der Waals surface area contributed by atoms with E-state index in [-0.39, 0.29) is 17.5 Å². The van der Waals surface area contributed by atoms with Crippen molar-refractivity contribution in [3.63, 3.8) is 0 Å². The Hall–Kier alpha value is -3.37. The number of aromatic nitrogens is 4. The van der Waals surface area contributed by atoms with Crippen molar-refractivity contribution in [3.05, 3.63) is 60.4 Å². The molecule has 0 unspecified atom stereocenters. The summed E-state index contributed by atoms with van der Waals surface area (Å²) < 4.78 is 25.1. The second-order valence-corrected chi connectivity index (χ2v) is 10.0. The fourth-order valence-corrected chi connectivity index (χ4v) is 5.08. The maximum absolute atomic E-state index is 12.4. The zero-order chi connectivity index (χ0) is 22.3. The van der Waals surface area contributed by atoms with Crippen molar-refractivity contribution in [2.24, 2.45) is 0 Å². The summed E-state index contributed by atoms with van der Waals surface area (Å²) in [5.41, 5.74) is 3.73. The van der Waals surface area contributed by atoms with E-state index in [1.807, 2.05) is 24.4 Å². The first-order chi connectivity index (χ1) is 15.4. The maximum Gasteiger partial charge on any atom is 0.275 e. The van der Waals surface area contributed by atoms with Gasteiger partial charge in [-0.15, -0.1) is 0 Å². The summed E-state index contributed by atoms with van der Waals surface area (Å²) in [6, 6.07) is 7.76. The van der Waals surface area contributed by atoms with Gasteiger partial charge in [0.2, 0.25) is 10.0 Å². The summed E-state index contributed by atoms with van der Waals surface area (Å²) >= 11 is 0. The topological polar surface area (TPSA) is 121 Å². The zero-order valence-corrected chi connectivity index (χ0v) is 18.3. The highest BCUT2D eigenvalue weighted by Crippen LogP contribution is 2.33. The van der Waals surface area contributed by atoms with Gasteiger partial charge in [0.1, 0.15) is 5.69 Å². The van der Waals surface area contributed by atoms with Crippen LogP contribution in [0.5, 0.6) is 0 Å². The zero-order valence-electron chi connectivity index (χ0n) is 17.4. The van der Waals surface area contributed by atoms with Gasteiger partial charge in [0, 0.05) is 59.1 Å². The number of nitrogens with one attached hydrogen (secondary N) is 2. The van der Waals surface area contributed by atoms with Gasteiger partial charge in [0.05, 0.1) is 24.2 Å². The van der Waals surface area contributed by atoms with Crippen LogP contribution in [-0.4, -0.2) is 57.9 Å². The number of nitrogens with zero attached hydrogens (tertiary/aromatic N) is 4. The van der Waals surface area contributed by atoms with Gasteiger partial charge in [0.15, 0.2) is 0 Å². The number of benzene rings is 1. The number of pyridine rings is 1. The van der Waals surface area contributed by atoms with Crippen LogP contribution in [0.25, 0.3) is 21.8 Å². The van der Waals surface area contributed by atoms with Crippen LogP contribution in [0.3, 0.4) is 0 Å².